The van der Waals surface area contributed by atoms with Crippen molar-refractivity contribution in [2.24, 2.45) is 23.7 Å². The van der Waals surface area contributed by atoms with Gasteiger partial charge in [0.05, 0.1) is 11.8 Å². The van der Waals surface area contributed by atoms with Crippen molar-refractivity contribution in [1.82, 2.24) is 0 Å². The summed E-state index contributed by atoms with van der Waals surface area (Å²) in [6, 6.07) is 14.8. The monoisotopic (exact) mass is 427 g/mol. The summed E-state index contributed by atoms with van der Waals surface area (Å²) in [6.07, 6.45) is 1.80. The number of nitrogens with one attached hydrogen (secondary N) is 1. The molecule has 1 saturated heterocycles. The first-order valence-corrected chi connectivity index (χ1v) is 9.92. The lowest BCUT2D eigenvalue weighted by molar-refractivity contribution is -0.145. The third-order valence-corrected chi connectivity index (χ3v) is 6.49. The van der Waals surface area contributed by atoms with Crippen molar-refractivity contribution in [3.05, 3.63) is 53.0 Å². The molecule has 3 aliphatic rings. The van der Waals surface area contributed by atoms with Crippen LogP contribution in [0.25, 0.3) is 0 Å². The lowest BCUT2D eigenvalue weighted by Gasteiger charge is -2.23. The summed E-state index contributed by atoms with van der Waals surface area (Å²) in [5, 5.41) is 2.96. The second-order valence-electron chi connectivity index (χ2n) is 7.49. The number of anilines is 1. The molecule has 1 N–H and O–H groups in total. The highest BCUT2D eigenvalue weighted by atomic mass is 79.9. The van der Waals surface area contributed by atoms with E-state index in [2.05, 4.69) is 21.2 Å². The third kappa shape index (κ3) is 2.92. The largest absolute Gasteiger partial charge is 0.462 e. The highest BCUT2D eigenvalue weighted by Gasteiger charge is 2.63. The van der Waals surface area contributed by atoms with Crippen molar-refractivity contribution in [1.29, 1.82) is 0 Å². The van der Waals surface area contributed by atoms with Gasteiger partial charge >= 0.3 is 5.97 Å². The van der Waals surface area contributed by atoms with E-state index in [1.54, 1.807) is 0 Å². The molecule has 1 aliphatic heterocycles. The van der Waals surface area contributed by atoms with Crippen LogP contribution in [0.3, 0.4) is 0 Å². The van der Waals surface area contributed by atoms with Gasteiger partial charge < -0.3 is 14.8 Å². The lowest BCUT2D eigenvalue weighted by atomic mass is 9.79. The van der Waals surface area contributed by atoms with Gasteiger partial charge in [0.2, 0.25) is 5.91 Å². The van der Waals surface area contributed by atoms with Gasteiger partial charge in [-0.15, -0.1) is 0 Å². The van der Waals surface area contributed by atoms with Crippen molar-refractivity contribution in [2.45, 2.75) is 18.9 Å². The molecule has 2 aromatic carbocycles. The molecule has 5 atom stereocenters. The van der Waals surface area contributed by atoms with Crippen LogP contribution in [-0.2, 0) is 14.3 Å². The Bertz CT molecular complexity index is 893. The Morgan fingerprint density at radius 3 is 2.41 bits per heavy atom. The van der Waals surface area contributed by atoms with Gasteiger partial charge in [0, 0.05) is 16.1 Å². The summed E-state index contributed by atoms with van der Waals surface area (Å²) in [5.41, 5.74) is 0.703. The second kappa shape index (κ2) is 6.37. The minimum absolute atomic E-state index is 0.0478. The average Bonchev–Trinajstić information content (AvgIpc) is 3.27. The van der Waals surface area contributed by atoms with Gasteiger partial charge in [0.1, 0.15) is 17.6 Å². The molecule has 0 unspecified atom stereocenters. The molecule has 1 heterocycles. The van der Waals surface area contributed by atoms with Crippen LogP contribution >= 0.6 is 15.9 Å². The molecular formula is C21H18BrNO4. The molecule has 1 amide bonds. The minimum Gasteiger partial charge on any atom is -0.462 e. The molecular weight excluding hydrogens is 410 g/mol. The van der Waals surface area contributed by atoms with Gasteiger partial charge in [-0.25, -0.2) is 0 Å². The normalized spacial score (nSPS) is 30.3. The minimum atomic E-state index is -0.264. The highest BCUT2D eigenvalue weighted by molar-refractivity contribution is 9.10. The van der Waals surface area contributed by atoms with Crippen LogP contribution in [0.5, 0.6) is 11.5 Å². The highest BCUT2D eigenvalue weighted by Crippen LogP contribution is 2.57. The van der Waals surface area contributed by atoms with Crippen LogP contribution in [0.4, 0.5) is 5.69 Å². The predicted molar refractivity (Wildman–Crippen MR) is 102 cm³/mol. The van der Waals surface area contributed by atoms with Crippen molar-refractivity contribution < 1.29 is 19.1 Å². The zero-order chi connectivity index (χ0) is 18.5. The van der Waals surface area contributed by atoms with Gasteiger partial charge in [-0.1, -0.05) is 15.9 Å². The fourth-order valence-electron chi connectivity index (χ4n) is 4.83. The molecule has 2 saturated carbocycles. The molecule has 6 heteroatoms. The van der Waals surface area contributed by atoms with Crippen molar-refractivity contribution in [2.75, 3.05) is 5.32 Å². The van der Waals surface area contributed by atoms with Gasteiger partial charge in [-0.3, -0.25) is 9.59 Å². The second-order valence-corrected chi connectivity index (χ2v) is 8.41. The Morgan fingerprint density at radius 2 is 1.70 bits per heavy atom. The molecule has 5 rings (SSSR count). The number of rotatable bonds is 4. The molecule has 2 aromatic rings. The molecule has 138 valence electrons. The molecule has 27 heavy (non-hydrogen) atoms. The van der Waals surface area contributed by atoms with E-state index >= 15 is 0 Å². The Balaban J connectivity index is 1.25. The topological polar surface area (TPSA) is 64.6 Å². The van der Waals surface area contributed by atoms with Crippen LogP contribution in [0.15, 0.2) is 53.0 Å². The molecule has 2 bridgehead atoms. The number of hydrogen-bond donors (Lipinski definition) is 1. The predicted octanol–water partition coefficient (Wildman–Crippen LogP) is 4.38. The Morgan fingerprint density at radius 1 is 1.04 bits per heavy atom. The summed E-state index contributed by atoms with van der Waals surface area (Å²) >= 11 is 3.39. The number of halogens is 1. The van der Waals surface area contributed by atoms with Crippen LogP contribution in [-0.4, -0.2) is 18.0 Å². The average molecular weight is 428 g/mol. The number of carbonyl (C=O) groups is 2. The number of esters is 1. The number of hydrogen-bond acceptors (Lipinski definition) is 4. The zero-order valence-electron chi connectivity index (χ0n) is 14.4. The maximum absolute atomic E-state index is 12.8. The standard InChI is InChI=1S/C21H18BrNO4/c22-12-1-5-14(6-2-12)26-15-7-3-13(4-8-15)23-20(24)18-11-9-16-17(10-11)27-21(25)19(16)18/h1-8,11,16-19H,9-10H2,(H,23,24)/t11-,16+,17-,18+,19+/m1/s1. The summed E-state index contributed by atoms with van der Waals surface area (Å²) in [6.45, 7) is 0. The van der Waals surface area contributed by atoms with E-state index in [1.807, 2.05) is 48.5 Å². The molecule has 2 aliphatic carbocycles. The van der Waals surface area contributed by atoms with Gasteiger partial charge in [0.25, 0.3) is 0 Å². The summed E-state index contributed by atoms with van der Waals surface area (Å²) in [4.78, 5) is 24.9. The van der Waals surface area contributed by atoms with Gasteiger partial charge in [-0.05, 0) is 67.3 Å². The Hall–Kier alpha value is -2.34. The third-order valence-electron chi connectivity index (χ3n) is 5.96. The van der Waals surface area contributed by atoms with Crippen molar-refractivity contribution in [3.63, 3.8) is 0 Å². The van der Waals surface area contributed by atoms with Gasteiger partial charge in [0.15, 0.2) is 0 Å². The van der Waals surface area contributed by atoms with Crippen LogP contribution in [0.1, 0.15) is 12.8 Å². The number of fused-ring (bicyclic) bond motifs is 1. The summed E-state index contributed by atoms with van der Waals surface area (Å²) < 4.78 is 12.2. The maximum Gasteiger partial charge on any atom is 0.310 e. The van der Waals surface area contributed by atoms with E-state index in [9.17, 15) is 9.59 Å². The van der Waals surface area contributed by atoms with E-state index in [0.29, 0.717) is 11.4 Å². The first-order chi connectivity index (χ1) is 13.1. The zero-order valence-corrected chi connectivity index (χ0v) is 16.0. The molecule has 0 radical (unpaired) electrons. The van der Waals surface area contributed by atoms with E-state index in [-0.39, 0.29) is 41.7 Å². The Kier molecular flexibility index (Phi) is 3.97. The van der Waals surface area contributed by atoms with Crippen molar-refractivity contribution >= 4 is 33.5 Å². The van der Waals surface area contributed by atoms with Gasteiger partial charge in [-0.2, -0.15) is 0 Å². The first-order valence-electron chi connectivity index (χ1n) is 9.13. The van der Waals surface area contributed by atoms with Crippen LogP contribution in [0, 0.1) is 23.7 Å². The summed E-state index contributed by atoms with van der Waals surface area (Å²) in [7, 11) is 0. The lowest BCUT2D eigenvalue weighted by Crippen LogP contribution is -2.35. The number of carbonyl (C=O) groups excluding carboxylic acids is 2. The molecule has 5 nitrogen and oxygen atoms in total. The van der Waals surface area contributed by atoms with E-state index in [0.717, 1.165) is 23.1 Å². The summed E-state index contributed by atoms with van der Waals surface area (Å²) in [5.74, 6) is 1.14. The molecule has 3 fully saturated rings. The maximum atomic E-state index is 12.8. The van der Waals surface area contributed by atoms with E-state index in [4.69, 9.17) is 9.47 Å². The fraction of sp³-hybridized carbons (Fsp3) is 0.333. The van der Waals surface area contributed by atoms with Crippen LogP contribution in [0.2, 0.25) is 0 Å². The number of benzene rings is 2. The molecule has 0 spiro atoms. The quantitative estimate of drug-likeness (QED) is 0.735. The van der Waals surface area contributed by atoms with Crippen LogP contribution < -0.4 is 10.1 Å². The van der Waals surface area contributed by atoms with E-state index < -0.39 is 0 Å². The van der Waals surface area contributed by atoms with Crippen molar-refractivity contribution in [3.8, 4) is 11.5 Å². The Labute approximate surface area is 165 Å². The number of ether oxygens (including phenoxy) is 2. The molecule has 0 aromatic heterocycles. The van der Waals surface area contributed by atoms with E-state index in [1.165, 1.54) is 0 Å². The number of amides is 1. The first kappa shape index (κ1) is 16.8. The fourth-order valence-corrected chi connectivity index (χ4v) is 5.10. The smallest absolute Gasteiger partial charge is 0.310 e. The SMILES string of the molecule is O=C(Nc1ccc(Oc2ccc(Br)cc2)cc1)[C@H]1[C@@H]2C[C@@H]3[C@@H]1C(=O)O[C@@H]3C2.